The normalized spacial score (nSPS) is 13.9. The summed E-state index contributed by atoms with van der Waals surface area (Å²) in [4.78, 5) is 11.5. The number of amides is 2. The van der Waals surface area contributed by atoms with E-state index in [1.807, 2.05) is 19.1 Å². The summed E-state index contributed by atoms with van der Waals surface area (Å²) in [5, 5.41) is 14.9. The van der Waals surface area contributed by atoms with Crippen molar-refractivity contribution in [2.75, 3.05) is 6.61 Å². The molecule has 0 aliphatic heterocycles. The third kappa shape index (κ3) is 4.63. The van der Waals surface area contributed by atoms with Gasteiger partial charge in [0, 0.05) is 5.02 Å². The molecule has 0 spiro atoms. The highest BCUT2D eigenvalue weighted by Crippen LogP contribution is 2.15. The average molecular weight is 257 g/mol. The molecule has 0 heterocycles. The molecule has 1 rings (SSSR count). The Morgan fingerprint density at radius 2 is 1.88 bits per heavy atom. The smallest absolute Gasteiger partial charge is 0.315 e. The Morgan fingerprint density at radius 1 is 1.29 bits per heavy atom. The average Bonchev–Trinajstić information content (AvgIpc) is 2.29. The first-order valence-electron chi connectivity index (χ1n) is 5.46. The van der Waals surface area contributed by atoms with Gasteiger partial charge in [0.05, 0.1) is 18.7 Å². The highest BCUT2D eigenvalue weighted by atomic mass is 35.5. The molecule has 4 nitrogen and oxygen atoms in total. The van der Waals surface area contributed by atoms with Crippen LogP contribution in [0.3, 0.4) is 0 Å². The summed E-state index contributed by atoms with van der Waals surface area (Å²) in [7, 11) is 0. The molecule has 0 saturated carbocycles. The van der Waals surface area contributed by atoms with Crippen LogP contribution in [0.5, 0.6) is 0 Å². The molecule has 0 aliphatic rings. The Balaban J connectivity index is 2.51. The van der Waals surface area contributed by atoms with Crippen molar-refractivity contribution in [1.29, 1.82) is 0 Å². The highest BCUT2D eigenvalue weighted by molar-refractivity contribution is 6.30. The van der Waals surface area contributed by atoms with Crippen LogP contribution in [-0.4, -0.2) is 23.8 Å². The second-order valence-electron chi connectivity index (χ2n) is 3.97. The molecular formula is C12H17ClN2O2. The third-order valence-corrected chi connectivity index (χ3v) is 2.62. The van der Waals surface area contributed by atoms with Crippen LogP contribution in [-0.2, 0) is 0 Å². The summed E-state index contributed by atoms with van der Waals surface area (Å²) < 4.78 is 0. The van der Waals surface area contributed by atoms with Crippen molar-refractivity contribution in [2.24, 2.45) is 0 Å². The second kappa shape index (κ2) is 6.47. The van der Waals surface area contributed by atoms with Gasteiger partial charge >= 0.3 is 6.03 Å². The largest absolute Gasteiger partial charge is 0.394 e. The lowest BCUT2D eigenvalue weighted by Gasteiger charge is -2.17. The van der Waals surface area contributed by atoms with E-state index in [1.165, 1.54) is 0 Å². The van der Waals surface area contributed by atoms with Crippen LogP contribution in [0, 0.1) is 0 Å². The minimum atomic E-state index is -0.297. The molecule has 0 radical (unpaired) electrons. The molecule has 0 aliphatic carbocycles. The first-order chi connectivity index (χ1) is 8.02. The Bertz CT molecular complexity index is 367. The fourth-order valence-electron chi connectivity index (χ4n) is 1.34. The fourth-order valence-corrected chi connectivity index (χ4v) is 1.47. The first-order valence-corrected chi connectivity index (χ1v) is 5.84. The number of hydrogen-bond acceptors (Lipinski definition) is 2. The summed E-state index contributed by atoms with van der Waals surface area (Å²) in [6.45, 7) is 3.53. The zero-order valence-corrected chi connectivity index (χ0v) is 10.7. The lowest BCUT2D eigenvalue weighted by Crippen LogP contribution is -2.43. The molecule has 2 atom stereocenters. The van der Waals surface area contributed by atoms with Crippen molar-refractivity contribution >= 4 is 17.6 Å². The van der Waals surface area contributed by atoms with E-state index in [1.54, 1.807) is 19.1 Å². The minimum Gasteiger partial charge on any atom is -0.394 e. The van der Waals surface area contributed by atoms with Crippen molar-refractivity contribution in [3.63, 3.8) is 0 Å². The number of benzene rings is 1. The highest BCUT2D eigenvalue weighted by Gasteiger charge is 2.10. The Kier molecular flexibility index (Phi) is 5.25. The Labute approximate surface area is 106 Å². The monoisotopic (exact) mass is 256 g/mol. The molecule has 1 aromatic carbocycles. The van der Waals surface area contributed by atoms with Gasteiger partial charge in [-0.15, -0.1) is 0 Å². The fraction of sp³-hybridized carbons (Fsp3) is 0.417. The molecule has 3 N–H and O–H groups in total. The van der Waals surface area contributed by atoms with E-state index in [2.05, 4.69) is 10.6 Å². The Morgan fingerprint density at radius 3 is 2.41 bits per heavy atom. The third-order valence-electron chi connectivity index (χ3n) is 2.37. The van der Waals surface area contributed by atoms with E-state index in [0.717, 1.165) is 5.56 Å². The van der Waals surface area contributed by atoms with Crippen LogP contribution in [0.15, 0.2) is 24.3 Å². The lowest BCUT2D eigenvalue weighted by atomic mass is 10.1. The predicted octanol–water partition coefficient (Wildman–Crippen LogP) is 2.08. The summed E-state index contributed by atoms with van der Waals surface area (Å²) in [5.74, 6) is 0. The maximum absolute atomic E-state index is 11.5. The van der Waals surface area contributed by atoms with E-state index in [-0.39, 0.29) is 24.7 Å². The van der Waals surface area contributed by atoms with Gasteiger partial charge in [-0.1, -0.05) is 23.7 Å². The number of hydrogen-bond donors (Lipinski definition) is 3. The van der Waals surface area contributed by atoms with Crippen LogP contribution in [0.1, 0.15) is 25.5 Å². The van der Waals surface area contributed by atoms with E-state index >= 15 is 0 Å². The van der Waals surface area contributed by atoms with Gasteiger partial charge in [-0.25, -0.2) is 4.79 Å². The summed E-state index contributed by atoms with van der Waals surface area (Å²) in [6, 6.07) is 6.62. The first kappa shape index (κ1) is 13.8. The molecule has 0 aromatic heterocycles. The Hall–Kier alpha value is -1.26. The standard InChI is InChI=1S/C12H17ClN2O2/c1-8(7-16)14-12(17)15-9(2)10-3-5-11(13)6-4-10/h3-6,8-9,16H,7H2,1-2H3,(H2,14,15,17). The molecule has 1 aromatic rings. The van der Waals surface area contributed by atoms with Gasteiger partial charge in [0.2, 0.25) is 0 Å². The molecule has 0 saturated heterocycles. The number of urea groups is 1. The van der Waals surface area contributed by atoms with Gasteiger partial charge in [0.25, 0.3) is 0 Å². The molecule has 5 heteroatoms. The number of carbonyl (C=O) groups is 1. The summed E-state index contributed by atoms with van der Waals surface area (Å²) >= 11 is 5.78. The summed E-state index contributed by atoms with van der Waals surface area (Å²) in [5.41, 5.74) is 0.973. The van der Waals surface area contributed by atoms with Crippen molar-refractivity contribution in [1.82, 2.24) is 10.6 Å². The number of nitrogens with one attached hydrogen (secondary N) is 2. The number of rotatable bonds is 4. The van der Waals surface area contributed by atoms with Gasteiger partial charge in [-0.2, -0.15) is 0 Å². The van der Waals surface area contributed by atoms with Gasteiger partial charge in [0.15, 0.2) is 0 Å². The predicted molar refractivity (Wildman–Crippen MR) is 68.1 cm³/mol. The van der Waals surface area contributed by atoms with Crippen LogP contribution in [0.4, 0.5) is 4.79 Å². The molecule has 17 heavy (non-hydrogen) atoms. The van der Waals surface area contributed by atoms with Gasteiger partial charge in [0.1, 0.15) is 0 Å². The van der Waals surface area contributed by atoms with Crippen LogP contribution in [0.25, 0.3) is 0 Å². The number of halogens is 1. The van der Waals surface area contributed by atoms with E-state index < -0.39 is 0 Å². The lowest BCUT2D eigenvalue weighted by molar-refractivity contribution is 0.218. The van der Waals surface area contributed by atoms with Crippen molar-refractivity contribution in [3.05, 3.63) is 34.9 Å². The zero-order chi connectivity index (χ0) is 12.8. The van der Waals surface area contributed by atoms with Crippen LogP contribution >= 0.6 is 11.6 Å². The topological polar surface area (TPSA) is 61.4 Å². The quantitative estimate of drug-likeness (QED) is 0.772. The molecule has 0 bridgehead atoms. The van der Waals surface area contributed by atoms with E-state index in [4.69, 9.17) is 16.7 Å². The SMILES string of the molecule is CC(CO)NC(=O)NC(C)c1ccc(Cl)cc1. The van der Waals surface area contributed by atoms with Gasteiger partial charge < -0.3 is 15.7 Å². The minimum absolute atomic E-state index is 0.0806. The molecule has 2 amide bonds. The maximum Gasteiger partial charge on any atom is 0.315 e. The molecule has 94 valence electrons. The van der Waals surface area contributed by atoms with E-state index in [9.17, 15) is 4.79 Å². The van der Waals surface area contributed by atoms with Crippen LogP contribution in [0.2, 0.25) is 5.02 Å². The molecule has 0 fully saturated rings. The van der Waals surface area contributed by atoms with Crippen molar-refractivity contribution in [2.45, 2.75) is 25.9 Å². The molecular weight excluding hydrogens is 240 g/mol. The maximum atomic E-state index is 11.5. The van der Waals surface area contributed by atoms with Gasteiger partial charge in [-0.05, 0) is 31.5 Å². The number of aliphatic hydroxyl groups is 1. The second-order valence-corrected chi connectivity index (χ2v) is 4.41. The van der Waals surface area contributed by atoms with E-state index in [0.29, 0.717) is 5.02 Å². The van der Waals surface area contributed by atoms with Gasteiger partial charge in [-0.3, -0.25) is 0 Å². The van der Waals surface area contributed by atoms with Crippen LogP contribution < -0.4 is 10.6 Å². The summed E-state index contributed by atoms with van der Waals surface area (Å²) in [6.07, 6.45) is 0. The van der Waals surface area contributed by atoms with Crippen molar-refractivity contribution < 1.29 is 9.90 Å². The number of carbonyl (C=O) groups excluding carboxylic acids is 1. The number of aliphatic hydroxyl groups excluding tert-OH is 1. The van der Waals surface area contributed by atoms with Crippen molar-refractivity contribution in [3.8, 4) is 0 Å². The zero-order valence-electron chi connectivity index (χ0n) is 9.90. The molecule has 2 unspecified atom stereocenters.